The molecule has 6 heterocycles. The average Bonchev–Trinajstić information content (AvgIpc) is 1.61. The maximum atomic E-state index is 13.5. The van der Waals surface area contributed by atoms with E-state index in [0.29, 0.717) is 83.4 Å². The Kier molecular flexibility index (Phi) is 18.2. The number of halogens is 4. The van der Waals surface area contributed by atoms with Crippen molar-refractivity contribution in [2.24, 2.45) is 17.2 Å². The Morgan fingerprint density at radius 1 is 0.444 bits per heavy atom. The monoisotopic (exact) mass is 1220 g/mol. The average molecular weight is 1230 g/mol. The first kappa shape index (κ1) is 62.2. The molecule has 4 fully saturated rings. The van der Waals surface area contributed by atoms with Gasteiger partial charge in [-0.25, -0.2) is 4.39 Å². The molecule has 3 spiro atoms. The standard InChI is InChI=1S/C27H28N2O2.C26H32N2O2.C21H20F4N2O2/c28-18-22-8-11-25-24(17-22)27(19-31-25)12-14-29(15-13-27)26(30)23-9-6-21(7-10-23)16-20-4-2-1-3-5-20;27-17-19-6-11-24-23(16-19)26(18-30-24)12-14-28(15-13-26)25(29)22-9-7-21(8-10-22)20-4-2-1-3-5-20;22-17-3-2-14(10-15(17)21(23,24)25)19(28)27-7-5-20(6-8-27)12-29-18-4-1-13(11-26)9-16(18)20/h1-11,17H,12-16,18-19,28H2;6-11,16,20H,1-5,12-15,17-18,27H2;1-4,9-10H,5-8,11-12,26H2. The van der Waals surface area contributed by atoms with Crippen molar-refractivity contribution in [3.63, 3.8) is 0 Å². The van der Waals surface area contributed by atoms with E-state index in [-0.39, 0.29) is 33.6 Å². The molecule has 3 saturated heterocycles. The molecule has 7 aliphatic rings. The molecule has 12 nitrogen and oxygen atoms in total. The minimum atomic E-state index is -4.85. The number of carbonyl (C=O) groups excluding carboxylic acids is 3. The highest BCUT2D eigenvalue weighted by Gasteiger charge is 2.47. The lowest BCUT2D eigenvalue weighted by Gasteiger charge is -2.38. The molecular formula is C74H80F4N6O6. The Hall–Kier alpha value is -8.05. The van der Waals surface area contributed by atoms with Gasteiger partial charge in [0.15, 0.2) is 0 Å². The van der Waals surface area contributed by atoms with Crippen LogP contribution in [0.25, 0.3) is 0 Å². The van der Waals surface area contributed by atoms with Crippen molar-refractivity contribution in [1.82, 2.24) is 14.7 Å². The third-order valence-corrected chi connectivity index (χ3v) is 20.3. The normalized spacial score (nSPS) is 18.5. The topological polar surface area (TPSA) is 167 Å². The van der Waals surface area contributed by atoms with Crippen LogP contribution in [0.3, 0.4) is 0 Å². The second kappa shape index (κ2) is 26.4. The van der Waals surface area contributed by atoms with Crippen LogP contribution in [-0.4, -0.2) is 91.5 Å². The van der Waals surface area contributed by atoms with Crippen LogP contribution in [0.4, 0.5) is 17.6 Å². The van der Waals surface area contributed by atoms with Crippen molar-refractivity contribution in [2.75, 3.05) is 59.1 Å². The fraction of sp³-hybridized carbons (Fsp3) is 0.392. The second-order valence-corrected chi connectivity index (χ2v) is 25.7. The fourth-order valence-electron chi connectivity index (χ4n) is 14.6. The van der Waals surface area contributed by atoms with Crippen LogP contribution >= 0.6 is 0 Å². The third kappa shape index (κ3) is 13.0. The molecule has 0 atom stereocenters. The van der Waals surface area contributed by atoms with E-state index < -0.39 is 23.5 Å². The van der Waals surface area contributed by atoms with E-state index in [0.717, 1.165) is 115 Å². The van der Waals surface area contributed by atoms with Gasteiger partial charge >= 0.3 is 6.18 Å². The summed E-state index contributed by atoms with van der Waals surface area (Å²) in [4.78, 5) is 44.5. The summed E-state index contributed by atoms with van der Waals surface area (Å²) in [6.07, 6.45) is 7.64. The van der Waals surface area contributed by atoms with Crippen LogP contribution in [0.1, 0.15) is 163 Å². The predicted octanol–water partition coefficient (Wildman–Crippen LogP) is 12.9. The van der Waals surface area contributed by atoms with Gasteiger partial charge in [-0.2, -0.15) is 13.2 Å². The lowest BCUT2D eigenvalue weighted by molar-refractivity contribution is -0.140. The van der Waals surface area contributed by atoms with Crippen molar-refractivity contribution in [3.05, 3.63) is 230 Å². The smallest absolute Gasteiger partial charge is 0.419 e. The number of hydrogen-bond acceptors (Lipinski definition) is 9. The number of likely N-dealkylation sites (tertiary alicyclic amines) is 3. The molecule has 470 valence electrons. The van der Waals surface area contributed by atoms with E-state index in [4.69, 9.17) is 31.4 Å². The molecule has 0 unspecified atom stereocenters. The molecule has 0 radical (unpaired) electrons. The minimum absolute atomic E-state index is 0.0107. The summed E-state index contributed by atoms with van der Waals surface area (Å²) in [7, 11) is 0. The van der Waals surface area contributed by atoms with Crippen LogP contribution in [0.2, 0.25) is 0 Å². The van der Waals surface area contributed by atoms with Gasteiger partial charge in [0.1, 0.15) is 23.1 Å². The molecule has 1 aliphatic carbocycles. The molecule has 0 bridgehead atoms. The molecule has 6 N–H and O–H groups in total. The number of ether oxygens (including phenoxy) is 3. The van der Waals surface area contributed by atoms with Gasteiger partial charge in [-0.05, 0) is 158 Å². The summed E-state index contributed by atoms with van der Waals surface area (Å²) in [5, 5.41) is 0. The molecule has 3 amide bonds. The molecule has 0 aromatic heterocycles. The van der Waals surface area contributed by atoms with Crippen LogP contribution in [-0.2, 0) is 48.5 Å². The van der Waals surface area contributed by atoms with Gasteiger partial charge in [0.05, 0.1) is 25.4 Å². The minimum Gasteiger partial charge on any atom is -0.492 e. The number of amides is 3. The van der Waals surface area contributed by atoms with Gasteiger partial charge in [-0.3, -0.25) is 14.4 Å². The SMILES string of the molecule is NCc1ccc2c(c1)C1(CCN(C(=O)c3ccc(C4CCCCC4)cc3)CC1)CO2.NCc1ccc2c(c1)C1(CCN(C(=O)c3ccc(Cc4ccccc4)cc3)CC1)CO2.NCc1ccc2c(c1)C1(CCN(C(=O)c3ccc(F)c(C(F)(F)F)c3)CC1)CO2. The van der Waals surface area contributed by atoms with Gasteiger partial charge in [0, 0.05) is 109 Å². The van der Waals surface area contributed by atoms with E-state index in [1.54, 1.807) is 0 Å². The first-order valence-corrected chi connectivity index (χ1v) is 32.0. The van der Waals surface area contributed by atoms with Crippen molar-refractivity contribution in [1.29, 1.82) is 0 Å². The number of alkyl halides is 3. The van der Waals surface area contributed by atoms with Crippen LogP contribution in [0.5, 0.6) is 17.2 Å². The third-order valence-electron chi connectivity index (χ3n) is 20.3. The van der Waals surface area contributed by atoms with Crippen molar-refractivity contribution in [3.8, 4) is 17.2 Å². The molecule has 7 aromatic carbocycles. The maximum absolute atomic E-state index is 13.5. The first-order valence-electron chi connectivity index (χ1n) is 32.0. The second-order valence-electron chi connectivity index (χ2n) is 25.7. The first-order chi connectivity index (χ1) is 43.6. The highest BCUT2D eigenvalue weighted by atomic mass is 19.4. The van der Waals surface area contributed by atoms with E-state index in [1.807, 2.05) is 76.5 Å². The molecule has 7 aromatic rings. The highest BCUT2D eigenvalue weighted by Crippen LogP contribution is 2.49. The fourth-order valence-corrected chi connectivity index (χ4v) is 14.6. The lowest BCUT2D eigenvalue weighted by atomic mass is 9.74. The molecule has 14 rings (SSSR count). The quantitative estimate of drug-likeness (QED) is 0.119. The number of carbonyl (C=O) groups is 3. The van der Waals surface area contributed by atoms with E-state index in [1.165, 1.54) is 64.8 Å². The van der Waals surface area contributed by atoms with Gasteiger partial charge in [0.25, 0.3) is 17.7 Å². The number of nitrogens with zero attached hydrogens (tertiary/aromatic N) is 3. The lowest BCUT2D eigenvalue weighted by Crippen LogP contribution is -2.46. The summed E-state index contributed by atoms with van der Waals surface area (Å²) in [6.45, 7) is 7.24. The Balaban J connectivity index is 0.000000131. The molecule has 16 heteroatoms. The van der Waals surface area contributed by atoms with E-state index >= 15 is 0 Å². The summed E-state index contributed by atoms with van der Waals surface area (Å²) < 4.78 is 70.2. The highest BCUT2D eigenvalue weighted by molar-refractivity contribution is 5.95. The zero-order chi connectivity index (χ0) is 62.6. The van der Waals surface area contributed by atoms with Crippen LogP contribution < -0.4 is 31.4 Å². The summed E-state index contributed by atoms with van der Waals surface area (Å²) in [6, 6.07) is 47.8. The van der Waals surface area contributed by atoms with E-state index in [2.05, 4.69) is 66.7 Å². The summed E-state index contributed by atoms with van der Waals surface area (Å²) in [5.41, 5.74) is 28.1. The number of nitrogens with two attached hydrogens (primary N) is 3. The zero-order valence-corrected chi connectivity index (χ0v) is 51.0. The molecule has 90 heavy (non-hydrogen) atoms. The van der Waals surface area contributed by atoms with Crippen molar-refractivity contribution in [2.45, 2.75) is 125 Å². The molecule has 6 aliphatic heterocycles. The Morgan fingerprint density at radius 2 is 0.811 bits per heavy atom. The zero-order valence-electron chi connectivity index (χ0n) is 51.0. The number of benzene rings is 7. The van der Waals surface area contributed by atoms with E-state index in [9.17, 15) is 31.9 Å². The number of rotatable bonds is 9. The summed E-state index contributed by atoms with van der Waals surface area (Å²) >= 11 is 0. The van der Waals surface area contributed by atoms with Gasteiger partial charge in [-0.15, -0.1) is 0 Å². The summed E-state index contributed by atoms with van der Waals surface area (Å²) in [5.74, 6) is 1.83. The van der Waals surface area contributed by atoms with Gasteiger partial charge < -0.3 is 46.1 Å². The Bertz CT molecular complexity index is 3700. The van der Waals surface area contributed by atoms with Gasteiger partial charge in [-0.1, -0.05) is 110 Å². The van der Waals surface area contributed by atoms with Crippen molar-refractivity contribution < 1.29 is 46.2 Å². The van der Waals surface area contributed by atoms with Crippen LogP contribution in [0.15, 0.2) is 152 Å². The largest absolute Gasteiger partial charge is 0.492 e. The van der Waals surface area contributed by atoms with Gasteiger partial charge in [0.2, 0.25) is 0 Å². The number of hydrogen-bond donors (Lipinski definition) is 3. The number of piperidine rings is 3. The van der Waals surface area contributed by atoms with Crippen molar-refractivity contribution >= 4 is 17.7 Å². The molecular weight excluding hydrogens is 1140 g/mol. The van der Waals surface area contributed by atoms with Crippen LogP contribution in [0, 0.1) is 5.82 Å². The predicted molar refractivity (Wildman–Crippen MR) is 339 cm³/mol. The Labute approximate surface area is 524 Å². The Morgan fingerprint density at radius 3 is 1.21 bits per heavy atom. The maximum Gasteiger partial charge on any atom is 0.419 e. The number of fused-ring (bicyclic) bond motifs is 6. The molecule has 1 saturated carbocycles.